The van der Waals surface area contributed by atoms with Crippen LogP contribution in [0.3, 0.4) is 0 Å². The van der Waals surface area contributed by atoms with Gasteiger partial charge in [-0.2, -0.15) is 0 Å². The van der Waals surface area contributed by atoms with Gasteiger partial charge in [-0.1, -0.05) is 138 Å². The Morgan fingerprint density at radius 3 is 1.63 bits per heavy atom. The molecule has 7 nitrogen and oxygen atoms in total. The zero-order valence-corrected chi connectivity index (χ0v) is 37.7. The molecular formula is C56H48Cl2N2O5. The lowest BCUT2D eigenvalue weighted by molar-refractivity contribution is 0.0590. The summed E-state index contributed by atoms with van der Waals surface area (Å²) in [4.78, 5) is 33.2. The molecular weight excluding hydrogens is 852 g/mol. The molecule has 0 unspecified atom stereocenters. The van der Waals surface area contributed by atoms with Crippen LogP contribution in [0.4, 0.5) is 0 Å². The molecule has 0 aliphatic heterocycles. The fraction of sp³-hybridized carbons (Fsp3) is 0.143. The van der Waals surface area contributed by atoms with E-state index in [2.05, 4.69) is 46.4 Å². The van der Waals surface area contributed by atoms with Gasteiger partial charge in [-0.3, -0.25) is 0 Å². The van der Waals surface area contributed by atoms with Gasteiger partial charge in [0.15, 0.2) is 0 Å². The van der Waals surface area contributed by atoms with Gasteiger partial charge in [-0.05, 0) is 132 Å². The van der Waals surface area contributed by atoms with Crippen molar-refractivity contribution in [3.05, 3.63) is 224 Å². The van der Waals surface area contributed by atoms with Gasteiger partial charge in [0, 0.05) is 20.8 Å². The molecule has 0 fully saturated rings. The molecule has 1 N–H and O–H groups in total. The van der Waals surface area contributed by atoms with Crippen LogP contribution in [0.25, 0.3) is 46.1 Å². The molecule has 326 valence electrons. The molecule has 0 saturated heterocycles. The second kappa shape index (κ2) is 22.6. The maximum Gasteiger partial charge on any atom is 0.338 e. The Hall–Kier alpha value is -6.90. The summed E-state index contributed by atoms with van der Waals surface area (Å²) >= 11 is 12.2. The van der Waals surface area contributed by atoms with Gasteiger partial charge in [0.05, 0.1) is 53.9 Å². The summed E-state index contributed by atoms with van der Waals surface area (Å²) < 4.78 is 9.75. The molecule has 1 atom stereocenters. The van der Waals surface area contributed by atoms with Gasteiger partial charge in [-0.25, -0.2) is 19.6 Å². The Kier molecular flexibility index (Phi) is 16.1. The van der Waals surface area contributed by atoms with E-state index in [1.54, 1.807) is 12.1 Å². The summed E-state index contributed by atoms with van der Waals surface area (Å²) in [7, 11) is 2.79. The average Bonchev–Trinajstić information content (AvgIpc) is 3.34. The highest BCUT2D eigenvalue weighted by atomic mass is 35.5. The number of pyridine rings is 2. The lowest BCUT2D eigenvalue weighted by Crippen LogP contribution is -2.07. The molecule has 6 aromatic carbocycles. The quantitative estimate of drug-likeness (QED) is 0.109. The van der Waals surface area contributed by atoms with Crippen molar-refractivity contribution in [3.8, 4) is 0 Å². The van der Waals surface area contributed by atoms with Crippen molar-refractivity contribution in [2.45, 2.75) is 38.2 Å². The molecule has 2 aromatic heterocycles. The third-order valence-electron chi connectivity index (χ3n) is 10.9. The number of nitrogens with zero attached hydrogens (tertiary/aromatic N) is 2. The van der Waals surface area contributed by atoms with Crippen LogP contribution in [-0.2, 0) is 28.7 Å². The Bertz CT molecular complexity index is 3000. The molecule has 0 aliphatic carbocycles. The van der Waals surface area contributed by atoms with Gasteiger partial charge < -0.3 is 14.6 Å². The fourth-order valence-electron chi connectivity index (χ4n) is 7.52. The molecule has 0 radical (unpaired) electrons. The standard InChI is InChI=1S/C28H24ClNO3.C28H24ClNO2/c1-33-28(32)25-8-3-2-6-20(25)12-16-27(31)22-7-4-5-19(17-22)9-14-24-15-11-21-10-13-23(29)18-26(21)30-24;1-32-28(31)26-11-3-2-9-22(26)10-5-8-20-6-4-7-21(18-20)12-16-25-17-14-23-13-15-24(29)19-27(23)30-25/h2-11,13-15,17-18,27,31H,12,16H2,1H3;2-4,6-7,9,11-19H,5,8,10H2,1H3/b14-9+;16-12+/t27-;/m0./s1. The van der Waals surface area contributed by atoms with E-state index in [0.717, 1.165) is 80.3 Å². The van der Waals surface area contributed by atoms with E-state index in [9.17, 15) is 14.7 Å². The molecule has 0 saturated carbocycles. The average molecular weight is 900 g/mol. The highest BCUT2D eigenvalue weighted by molar-refractivity contribution is 6.31. The minimum Gasteiger partial charge on any atom is -0.465 e. The van der Waals surface area contributed by atoms with Crippen molar-refractivity contribution in [1.29, 1.82) is 0 Å². The summed E-state index contributed by atoms with van der Waals surface area (Å²) in [5.74, 6) is -0.644. The second-order valence-electron chi connectivity index (χ2n) is 15.4. The van der Waals surface area contributed by atoms with E-state index < -0.39 is 6.10 Å². The number of fused-ring (bicyclic) bond motifs is 2. The lowest BCUT2D eigenvalue weighted by atomic mass is 9.97. The molecule has 0 aliphatic rings. The highest BCUT2D eigenvalue weighted by Crippen LogP contribution is 2.25. The minimum atomic E-state index is -0.648. The monoisotopic (exact) mass is 898 g/mol. The summed E-state index contributed by atoms with van der Waals surface area (Å²) in [6.45, 7) is 0. The minimum absolute atomic E-state index is 0.280. The van der Waals surface area contributed by atoms with Crippen LogP contribution in [-0.4, -0.2) is 41.2 Å². The van der Waals surface area contributed by atoms with Crippen LogP contribution in [0.5, 0.6) is 0 Å². The Balaban J connectivity index is 0.000000194. The van der Waals surface area contributed by atoms with E-state index in [4.69, 9.17) is 32.7 Å². The van der Waals surface area contributed by atoms with Crippen molar-refractivity contribution < 1.29 is 24.2 Å². The molecule has 2 heterocycles. The number of methoxy groups -OCH3 is 2. The number of halogens is 2. The van der Waals surface area contributed by atoms with Crippen LogP contribution in [0.2, 0.25) is 10.0 Å². The van der Waals surface area contributed by atoms with E-state index >= 15 is 0 Å². The molecule has 65 heavy (non-hydrogen) atoms. The van der Waals surface area contributed by atoms with Crippen LogP contribution in [0, 0.1) is 0 Å². The Labute approximate surface area is 389 Å². The number of esters is 2. The van der Waals surface area contributed by atoms with Crippen LogP contribution in [0.1, 0.15) is 84.4 Å². The molecule has 0 spiro atoms. The SMILES string of the molecule is COC(=O)c1ccccc1CCCc1cccc(/C=C/c2ccc3ccc(Cl)cc3n2)c1.COC(=O)c1ccccc1CC[C@H](O)c1cccc(/C=C/c2ccc3ccc(Cl)cc3n2)c1. The number of hydrogen-bond acceptors (Lipinski definition) is 7. The Morgan fingerprint density at radius 2 is 1.06 bits per heavy atom. The van der Waals surface area contributed by atoms with Gasteiger partial charge in [0.2, 0.25) is 0 Å². The van der Waals surface area contributed by atoms with E-state index in [1.165, 1.54) is 19.8 Å². The first kappa shape index (κ1) is 46.1. The van der Waals surface area contributed by atoms with Crippen LogP contribution in [0.15, 0.2) is 158 Å². The van der Waals surface area contributed by atoms with Gasteiger partial charge in [0.1, 0.15) is 0 Å². The van der Waals surface area contributed by atoms with Crippen molar-refractivity contribution >= 4 is 81.3 Å². The zero-order chi connectivity index (χ0) is 45.5. The van der Waals surface area contributed by atoms with Crippen molar-refractivity contribution in [1.82, 2.24) is 9.97 Å². The third-order valence-corrected chi connectivity index (χ3v) is 11.4. The van der Waals surface area contributed by atoms with Crippen molar-refractivity contribution in [2.75, 3.05) is 14.2 Å². The van der Waals surface area contributed by atoms with Crippen LogP contribution < -0.4 is 0 Å². The zero-order valence-electron chi connectivity index (χ0n) is 36.2. The predicted octanol–water partition coefficient (Wildman–Crippen LogP) is 13.5. The predicted molar refractivity (Wildman–Crippen MR) is 265 cm³/mol. The van der Waals surface area contributed by atoms with Crippen molar-refractivity contribution in [2.24, 2.45) is 0 Å². The van der Waals surface area contributed by atoms with E-state index in [-0.39, 0.29) is 11.9 Å². The first-order valence-electron chi connectivity index (χ1n) is 21.3. The topological polar surface area (TPSA) is 98.6 Å². The number of ether oxygens (including phenoxy) is 2. The van der Waals surface area contributed by atoms with Gasteiger partial charge in [0.25, 0.3) is 0 Å². The number of carbonyl (C=O) groups excluding carboxylic acids is 2. The molecule has 8 rings (SSSR count). The lowest BCUT2D eigenvalue weighted by Gasteiger charge is -2.13. The number of aliphatic hydroxyl groups excluding tert-OH is 1. The maximum atomic E-state index is 12.0. The first-order valence-corrected chi connectivity index (χ1v) is 22.1. The molecule has 8 aromatic rings. The Morgan fingerprint density at radius 1 is 0.554 bits per heavy atom. The van der Waals surface area contributed by atoms with Crippen molar-refractivity contribution in [3.63, 3.8) is 0 Å². The summed E-state index contributed by atoms with van der Waals surface area (Å²) in [6, 6.07) is 50.7. The number of aryl methyl sites for hydroxylation is 3. The first-order chi connectivity index (χ1) is 31.6. The highest BCUT2D eigenvalue weighted by Gasteiger charge is 2.14. The van der Waals surface area contributed by atoms with Gasteiger partial charge >= 0.3 is 11.9 Å². The number of benzene rings is 6. The molecule has 0 bridgehead atoms. The van der Waals surface area contributed by atoms with E-state index in [1.807, 2.05) is 133 Å². The largest absolute Gasteiger partial charge is 0.465 e. The number of aliphatic hydroxyl groups is 1. The smallest absolute Gasteiger partial charge is 0.338 e. The van der Waals surface area contributed by atoms with Gasteiger partial charge in [-0.15, -0.1) is 0 Å². The summed E-state index contributed by atoms with van der Waals surface area (Å²) in [5, 5.41) is 14.2. The number of hydrogen-bond donors (Lipinski definition) is 1. The third kappa shape index (κ3) is 12.9. The maximum absolute atomic E-state index is 12.0. The number of aromatic nitrogens is 2. The normalized spacial score (nSPS) is 11.7. The molecule has 9 heteroatoms. The number of rotatable bonds is 14. The second-order valence-corrected chi connectivity index (χ2v) is 16.3. The van der Waals surface area contributed by atoms with E-state index in [0.29, 0.717) is 34.0 Å². The molecule has 0 amide bonds. The fourth-order valence-corrected chi connectivity index (χ4v) is 7.85. The number of carbonyl (C=O) groups is 2. The van der Waals surface area contributed by atoms with Crippen LogP contribution >= 0.6 is 23.2 Å². The summed E-state index contributed by atoms with van der Waals surface area (Å²) in [6.07, 6.45) is 11.1. The summed E-state index contributed by atoms with van der Waals surface area (Å²) in [5.41, 5.74) is 10.7.